The van der Waals surface area contributed by atoms with E-state index >= 15 is 0 Å². The van der Waals surface area contributed by atoms with Crippen molar-refractivity contribution in [3.8, 4) is 17.0 Å². The summed E-state index contributed by atoms with van der Waals surface area (Å²) < 4.78 is 41.9. The highest BCUT2D eigenvalue weighted by molar-refractivity contribution is 9.11. The molecule has 2 aliphatic rings. The van der Waals surface area contributed by atoms with E-state index in [4.69, 9.17) is 0 Å². The number of nitrogens with zero attached hydrogens (tertiary/aromatic N) is 3. The minimum atomic E-state index is -4.45. The number of amides is 1. The molecule has 0 atom stereocenters. The van der Waals surface area contributed by atoms with Crippen molar-refractivity contribution in [3.63, 3.8) is 0 Å². The molecule has 5 rings (SSSR count). The Bertz CT molecular complexity index is 1400. The van der Waals surface area contributed by atoms with Crippen LogP contribution in [0.2, 0.25) is 0 Å². The molecule has 2 aliphatic heterocycles. The van der Waals surface area contributed by atoms with Crippen molar-refractivity contribution in [2.75, 3.05) is 26.2 Å². The molecule has 0 spiro atoms. The summed E-state index contributed by atoms with van der Waals surface area (Å²) >= 11 is 6.56. The second kappa shape index (κ2) is 11.1. The number of carbonyl (C=O) groups excluding carboxylic acids is 1. The molecule has 0 saturated carbocycles. The molecule has 1 aromatic heterocycles. The number of halogens is 5. The topological polar surface area (TPSA) is 81.6 Å². The van der Waals surface area contributed by atoms with Crippen molar-refractivity contribution in [1.82, 2.24) is 19.4 Å². The SMILES string of the molecule is O=C(c1cc(Br)c(O)c(Br)c1)N1CCC(N2CCC(n3cc(-c4cccc(C(F)(F)F)c4)[nH]c3=O)CC2)CC1. The fourth-order valence-corrected chi connectivity index (χ4v) is 6.71. The van der Waals surface area contributed by atoms with Crippen molar-refractivity contribution in [3.05, 3.63) is 73.2 Å². The van der Waals surface area contributed by atoms with Crippen LogP contribution < -0.4 is 5.69 Å². The quantitative estimate of drug-likeness (QED) is 0.355. The van der Waals surface area contributed by atoms with Crippen LogP contribution in [0.25, 0.3) is 11.3 Å². The lowest BCUT2D eigenvalue weighted by molar-refractivity contribution is -0.137. The van der Waals surface area contributed by atoms with Crippen LogP contribution in [-0.2, 0) is 6.18 Å². The summed E-state index contributed by atoms with van der Waals surface area (Å²) in [4.78, 5) is 32.6. The molecule has 0 unspecified atom stereocenters. The van der Waals surface area contributed by atoms with E-state index in [1.807, 2.05) is 4.90 Å². The van der Waals surface area contributed by atoms with Gasteiger partial charge in [-0.2, -0.15) is 13.2 Å². The Hall–Kier alpha value is -2.57. The third-order valence-corrected chi connectivity index (χ3v) is 8.88. The molecule has 0 bridgehead atoms. The Labute approximate surface area is 239 Å². The average molecular weight is 672 g/mol. The van der Waals surface area contributed by atoms with Crippen LogP contribution >= 0.6 is 31.9 Å². The van der Waals surface area contributed by atoms with Crippen molar-refractivity contribution in [2.45, 2.75) is 43.9 Å². The highest BCUT2D eigenvalue weighted by Gasteiger charge is 2.32. The monoisotopic (exact) mass is 670 g/mol. The first-order valence-corrected chi connectivity index (χ1v) is 14.3. The molecular weight excluding hydrogens is 645 g/mol. The number of aromatic nitrogens is 2. The van der Waals surface area contributed by atoms with Gasteiger partial charge in [-0.05, 0) is 81.8 Å². The fourth-order valence-electron chi connectivity index (χ4n) is 5.53. The van der Waals surface area contributed by atoms with Crippen LogP contribution in [0.3, 0.4) is 0 Å². The highest BCUT2D eigenvalue weighted by atomic mass is 79.9. The van der Waals surface area contributed by atoms with Crippen LogP contribution in [-0.4, -0.2) is 62.6 Å². The second-order valence-corrected chi connectivity index (χ2v) is 11.7. The number of hydrogen-bond acceptors (Lipinski definition) is 4. The minimum absolute atomic E-state index is 0.0300. The first kappa shape index (κ1) is 28.0. The van der Waals surface area contributed by atoms with Crippen LogP contribution in [0.1, 0.15) is 47.6 Å². The first-order chi connectivity index (χ1) is 18.5. The molecule has 12 heteroatoms. The van der Waals surface area contributed by atoms with Gasteiger partial charge >= 0.3 is 11.9 Å². The number of rotatable bonds is 4. The van der Waals surface area contributed by atoms with Crippen LogP contribution in [0.5, 0.6) is 5.75 Å². The van der Waals surface area contributed by atoms with E-state index in [9.17, 15) is 27.9 Å². The molecule has 2 saturated heterocycles. The molecule has 0 aliphatic carbocycles. The van der Waals surface area contributed by atoms with Crippen molar-refractivity contribution in [1.29, 1.82) is 0 Å². The zero-order valence-electron chi connectivity index (χ0n) is 20.8. The van der Waals surface area contributed by atoms with Gasteiger partial charge < -0.3 is 19.9 Å². The van der Waals surface area contributed by atoms with Crippen LogP contribution in [0.15, 0.2) is 56.3 Å². The zero-order chi connectivity index (χ0) is 27.9. The number of imidazole rings is 1. The van der Waals surface area contributed by atoms with Gasteiger partial charge in [0, 0.05) is 55.6 Å². The number of phenolic OH excluding ortho intramolecular Hbond substituents is 1. The van der Waals surface area contributed by atoms with Gasteiger partial charge in [0.05, 0.1) is 20.2 Å². The number of piperidine rings is 2. The van der Waals surface area contributed by atoms with E-state index in [-0.39, 0.29) is 23.4 Å². The number of aromatic hydroxyl groups is 1. The third-order valence-electron chi connectivity index (χ3n) is 7.67. The smallest absolute Gasteiger partial charge is 0.416 e. The highest BCUT2D eigenvalue weighted by Crippen LogP contribution is 2.35. The summed E-state index contributed by atoms with van der Waals surface area (Å²) in [6.07, 6.45) is 0.390. The van der Waals surface area contributed by atoms with Crippen LogP contribution in [0.4, 0.5) is 13.2 Å². The van der Waals surface area contributed by atoms with Crippen molar-refractivity contribution in [2.24, 2.45) is 0 Å². The normalized spacial score (nSPS) is 18.0. The van der Waals surface area contributed by atoms with E-state index < -0.39 is 11.7 Å². The summed E-state index contributed by atoms with van der Waals surface area (Å²) in [5.41, 5.74) is 0.135. The molecule has 7 nitrogen and oxygen atoms in total. The molecule has 3 aromatic rings. The van der Waals surface area contributed by atoms with Gasteiger partial charge in [0.25, 0.3) is 5.91 Å². The standard InChI is InChI=1S/C27H27Br2F3N4O3/c28-21-13-17(14-22(29)24(21)37)25(38)35-10-4-19(5-11-35)34-8-6-20(7-9-34)36-15-23(33-26(36)39)16-2-1-3-18(12-16)27(30,31)32/h1-3,12-15,19-20,37H,4-11H2,(H,33,39). The van der Waals surface area contributed by atoms with Gasteiger partial charge in [-0.3, -0.25) is 9.36 Å². The Balaban J connectivity index is 1.17. The Kier molecular flexibility index (Phi) is 7.98. The zero-order valence-corrected chi connectivity index (χ0v) is 24.0. The summed E-state index contributed by atoms with van der Waals surface area (Å²) in [5.74, 6) is -0.0144. The number of aromatic amines is 1. The maximum atomic E-state index is 13.1. The molecule has 2 N–H and O–H groups in total. The lowest BCUT2D eigenvalue weighted by Crippen LogP contribution is -2.49. The Morgan fingerprint density at radius 2 is 1.56 bits per heavy atom. The molecule has 1 amide bonds. The summed E-state index contributed by atoms with van der Waals surface area (Å²) in [6, 6.07) is 8.53. The van der Waals surface area contributed by atoms with Crippen molar-refractivity contribution >= 4 is 37.8 Å². The van der Waals surface area contributed by atoms with Gasteiger partial charge in [-0.25, -0.2) is 4.79 Å². The summed E-state index contributed by atoms with van der Waals surface area (Å²) in [5, 5.41) is 9.92. The van der Waals surface area contributed by atoms with E-state index in [2.05, 4.69) is 41.7 Å². The first-order valence-electron chi connectivity index (χ1n) is 12.7. The largest absolute Gasteiger partial charge is 0.506 e. The number of hydrogen-bond donors (Lipinski definition) is 2. The van der Waals surface area contributed by atoms with Gasteiger partial charge in [0.2, 0.25) is 0 Å². The molecule has 2 fully saturated rings. The molecule has 3 heterocycles. The fraction of sp³-hybridized carbons (Fsp3) is 0.407. The molecule has 39 heavy (non-hydrogen) atoms. The predicted octanol–water partition coefficient (Wildman–Crippen LogP) is 6.03. The summed E-state index contributed by atoms with van der Waals surface area (Å²) in [6.45, 7) is 2.88. The molecular formula is C27H27Br2F3N4O3. The predicted molar refractivity (Wildman–Crippen MR) is 148 cm³/mol. The number of benzene rings is 2. The number of phenols is 1. The van der Waals surface area contributed by atoms with E-state index in [1.165, 1.54) is 6.07 Å². The minimum Gasteiger partial charge on any atom is -0.506 e. The maximum absolute atomic E-state index is 13.1. The van der Waals surface area contributed by atoms with Gasteiger partial charge in [-0.15, -0.1) is 0 Å². The molecule has 2 aromatic carbocycles. The summed E-state index contributed by atoms with van der Waals surface area (Å²) in [7, 11) is 0. The van der Waals surface area contributed by atoms with Crippen molar-refractivity contribution < 1.29 is 23.1 Å². The van der Waals surface area contributed by atoms with Crippen LogP contribution in [0, 0.1) is 0 Å². The number of likely N-dealkylation sites (tertiary alicyclic amines) is 2. The average Bonchev–Trinajstić information content (AvgIpc) is 3.32. The van der Waals surface area contributed by atoms with Gasteiger partial charge in [-0.1, -0.05) is 12.1 Å². The number of nitrogens with one attached hydrogen (secondary N) is 1. The number of H-pyrrole nitrogens is 1. The number of alkyl halides is 3. The molecule has 208 valence electrons. The number of carbonyl (C=O) groups is 1. The lowest BCUT2D eigenvalue weighted by Gasteiger charge is -2.42. The lowest BCUT2D eigenvalue weighted by atomic mass is 9.97. The van der Waals surface area contributed by atoms with Gasteiger partial charge in [0.15, 0.2) is 0 Å². The maximum Gasteiger partial charge on any atom is 0.416 e. The Morgan fingerprint density at radius 3 is 2.18 bits per heavy atom. The van der Waals surface area contributed by atoms with Gasteiger partial charge in [0.1, 0.15) is 5.75 Å². The van der Waals surface area contributed by atoms with E-state index in [1.54, 1.807) is 29.0 Å². The third kappa shape index (κ3) is 5.97. The Morgan fingerprint density at radius 1 is 0.949 bits per heavy atom. The molecule has 0 radical (unpaired) electrons. The van der Waals surface area contributed by atoms with E-state index in [0.29, 0.717) is 44.9 Å². The second-order valence-electron chi connectivity index (χ2n) is 10.0. The van der Waals surface area contributed by atoms with E-state index in [0.717, 1.165) is 50.9 Å².